The third-order valence-corrected chi connectivity index (χ3v) is 5.81. The van der Waals surface area contributed by atoms with Crippen molar-refractivity contribution in [2.75, 3.05) is 13.2 Å². The zero-order valence-electron chi connectivity index (χ0n) is 9.63. The van der Waals surface area contributed by atoms with Crippen LogP contribution in [0.3, 0.4) is 0 Å². The fourth-order valence-corrected chi connectivity index (χ4v) is 4.23. The Hall–Kier alpha value is -0.910. The molecule has 4 nitrogen and oxygen atoms in total. The zero-order valence-corrected chi connectivity index (χ0v) is 10.4. The molecule has 0 saturated heterocycles. The highest BCUT2D eigenvalue weighted by Gasteiger charge is 2.60. The minimum Gasteiger partial charge on any atom is -0.396 e. The Labute approximate surface area is 101 Å². The Morgan fingerprint density at radius 1 is 1.24 bits per heavy atom. The molecule has 1 aliphatic carbocycles. The molecule has 0 aromatic heterocycles. The van der Waals surface area contributed by atoms with Crippen molar-refractivity contribution in [3.8, 4) is 0 Å². The van der Waals surface area contributed by atoms with Crippen LogP contribution in [-0.2, 0) is 9.84 Å². The Bertz CT molecular complexity index is 500. The van der Waals surface area contributed by atoms with Gasteiger partial charge in [0.15, 0.2) is 9.84 Å². The second kappa shape index (κ2) is 4.08. The molecule has 2 rings (SSSR count). The lowest BCUT2D eigenvalue weighted by atomic mass is 10.1. The number of benzene rings is 1. The van der Waals surface area contributed by atoms with Gasteiger partial charge in [-0.3, -0.25) is 0 Å². The lowest BCUT2D eigenvalue weighted by Crippen LogP contribution is -2.22. The van der Waals surface area contributed by atoms with Gasteiger partial charge in [-0.25, -0.2) is 8.42 Å². The molecule has 1 fully saturated rings. The molecule has 1 aliphatic rings. The third-order valence-electron chi connectivity index (χ3n) is 3.47. The van der Waals surface area contributed by atoms with Crippen molar-refractivity contribution < 1.29 is 18.6 Å². The highest BCUT2D eigenvalue weighted by Crippen LogP contribution is 2.51. The van der Waals surface area contributed by atoms with Crippen LogP contribution < -0.4 is 0 Å². The van der Waals surface area contributed by atoms with Crippen molar-refractivity contribution in [2.45, 2.75) is 23.5 Å². The van der Waals surface area contributed by atoms with E-state index in [9.17, 15) is 8.42 Å². The van der Waals surface area contributed by atoms with Crippen molar-refractivity contribution in [3.63, 3.8) is 0 Å². The van der Waals surface area contributed by atoms with E-state index in [1.54, 1.807) is 24.3 Å². The Morgan fingerprint density at radius 2 is 1.76 bits per heavy atom. The minimum absolute atomic E-state index is 0.261. The average Bonchev–Trinajstić information content (AvgIpc) is 3.06. The molecule has 1 aromatic rings. The van der Waals surface area contributed by atoms with E-state index >= 15 is 0 Å². The SMILES string of the molecule is Cc1ccc(S(=O)(=O)[C@@H]2CC2(CO)CO)cc1. The predicted octanol–water partition coefficient (Wildman–Crippen LogP) is 0.512. The molecular formula is C12H16O4S. The predicted molar refractivity (Wildman–Crippen MR) is 63.4 cm³/mol. The van der Waals surface area contributed by atoms with Crippen molar-refractivity contribution in [1.82, 2.24) is 0 Å². The molecule has 1 saturated carbocycles. The smallest absolute Gasteiger partial charge is 0.181 e. The summed E-state index contributed by atoms with van der Waals surface area (Å²) in [6.07, 6.45) is 0.330. The van der Waals surface area contributed by atoms with Crippen LogP contribution in [0.25, 0.3) is 0 Å². The summed E-state index contributed by atoms with van der Waals surface area (Å²) in [5.41, 5.74) is 0.152. The summed E-state index contributed by atoms with van der Waals surface area (Å²) in [6.45, 7) is 1.30. The van der Waals surface area contributed by atoms with E-state index in [2.05, 4.69) is 0 Å². The van der Waals surface area contributed by atoms with Crippen LogP contribution in [0, 0.1) is 12.3 Å². The first kappa shape index (κ1) is 12.5. The molecule has 0 amide bonds. The van der Waals surface area contributed by atoms with E-state index in [0.717, 1.165) is 5.56 Å². The monoisotopic (exact) mass is 256 g/mol. The Kier molecular flexibility index (Phi) is 3.01. The summed E-state index contributed by atoms with van der Waals surface area (Å²) in [5.74, 6) is 0. The lowest BCUT2D eigenvalue weighted by Gasteiger charge is -2.11. The van der Waals surface area contributed by atoms with Gasteiger partial charge in [-0.2, -0.15) is 0 Å². The molecule has 0 aliphatic heterocycles. The number of hydrogen-bond acceptors (Lipinski definition) is 4. The Balaban J connectivity index is 2.30. The van der Waals surface area contributed by atoms with Crippen LogP contribution in [0.4, 0.5) is 0 Å². The molecule has 0 spiro atoms. The van der Waals surface area contributed by atoms with Crippen molar-refractivity contribution in [1.29, 1.82) is 0 Å². The van der Waals surface area contributed by atoms with Crippen LogP contribution in [0.5, 0.6) is 0 Å². The maximum atomic E-state index is 12.2. The van der Waals surface area contributed by atoms with Crippen LogP contribution in [-0.4, -0.2) is 37.1 Å². The standard InChI is InChI=1S/C12H16O4S/c1-9-2-4-10(5-3-9)17(15,16)11-6-12(11,7-13)8-14/h2-5,11,13-14H,6-8H2,1H3/t11-/m1/s1. The topological polar surface area (TPSA) is 74.6 Å². The van der Waals surface area contributed by atoms with Crippen molar-refractivity contribution >= 4 is 9.84 Å². The van der Waals surface area contributed by atoms with Gasteiger partial charge in [0.1, 0.15) is 0 Å². The van der Waals surface area contributed by atoms with Gasteiger partial charge < -0.3 is 10.2 Å². The molecule has 0 radical (unpaired) electrons. The van der Waals surface area contributed by atoms with Crippen LogP contribution in [0.2, 0.25) is 0 Å². The van der Waals surface area contributed by atoms with Crippen LogP contribution in [0.1, 0.15) is 12.0 Å². The molecule has 2 N–H and O–H groups in total. The summed E-state index contributed by atoms with van der Waals surface area (Å²) in [6, 6.07) is 6.63. The first-order valence-electron chi connectivity index (χ1n) is 5.48. The van der Waals surface area contributed by atoms with Gasteiger partial charge in [0, 0.05) is 5.41 Å². The van der Waals surface area contributed by atoms with Crippen molar-refractivity contribution in [3.05, 3.63) is 29.8 Å². The molecule has 17 heavy (non-hydrogen) atoms. The average molecular weight is 256 g/mol. The van der Waals surface area contributed by atoms with E-state index < -0.39 is 20.5 Å². The molecule has 94 valence electrons. The van der Waals surface area contributed by atoms with Gasteiger partial charge in [0.25, 0.3) is 0 Å². The van der Waals surface area contributed by atoms with Gasteiger partial charge in [-0.1, -0.05) is 17.7 Å². The number of aliphatic hydroxyl groups is 2. The second-order valence-corrected chi connectivity index (χ2v) is 6.86. The van der Waals surface area contributed by atoms with E-state index in [0.29, 0.717) is 6.42 Å². The number of aryl methyl sites for hydroxylation is 1. The quantitative estimate of drug-likeness (QED) is 0.823. The molecular weight excluding hydrogens is 240 g/mol. The summed E-state index contributed by atoms with van der Waals surface area (Å²) in [5, 5.41) is 17.7. The maximum Gasteiger partial charge on any atom is 0.181 e. The molecule has 5 heteroatoms. The van der Waals surface area contributed by atoms with Gasteiger partial charge in [-0.05, 0) is 25.5 Å². The molecule has 1 atom stereocenters. The molecule has 1 aromatic carbocycles. The number of sulfone groups is 1. The summed E-state index contributed by atoms with van der Waals surface area (Å²) in [4.78, 5) is 0.261. The van der Waals surface area contributed by atoms with Gasteiger partial charge in [0.2, 0.25) is 0 Å². The minimum atomic E-state index is -3.43. The fraction of sp³-hybridized carbons (Fsp3) is 0.500. The lowest BCUT2D eigenvalue weighted by molar-refractivity contribution is 0.134. The highest BCUT2D eigenvalue weighted by atomic mass is 32.2. The Morgan fingerprint density at radius 3 is 2.18 bits per heavy atom. The summed E-state index contributed by atoms with van der Waals surface area (Å²) < 4.78 is 24.4. The summed E-state index contributed by atoms with van der Waals surface area (Å²) >= 11 is 0. The van der Waals surface area contributed by atoms with E-state index in [-0.39, 0.29) is 18.1 Å². The number of aliphatic hydroxyl groups excluding tert-OH is 2. The highest BCUT2D eigenvalue weighted by molar-refractivity contribution is 7.92. The second-order valence-electron chi connectivity index (χ2n) is 4.73. The first-order chi connectivity index (χ1) is 7.96. The van der Waals surface area contributed by atoms with E-state index in [1.807, 2.05) is 6.92 Å². The number of rotatable bonds is 4. The third kappa shape index (κ3) is 1.99. The molecule has 0 heterocycles. The van der Waals surface area contributed by atoms with Gasteiger partial charge in [-0.15, -0.1) is 0 Å². The van der Waals surface area contributed by atoms with Crippen LogP contribution in [0.15, 0.2) is 29.2 Å². The summed E-state index contributed by atoms with van der Waals surface area (Å²) in [7, 11) is -3.43. The largest absolute Gasteiger partial charge is 0.396 e. The normalized spacial score (nSPS) is 22.4. The first-order valence-corrected chi connectivity index (χ1v) is 7.03. The maximum absolute atomic E-state index is 12.2. The zero-order chi connectivity index (χ0) is 12.7. The van der Waals surface area contributed by atoms with Gasteiger partial charge >= 0.3 is 0 Å². The van der Waals surface area contributed by atoms with Crippen LogP contribution >= 0.6 is 0 Å². The van der Waals surface area contributed by atoms with E-state index in [4.69, 9.17) is 10.2 Å². The van der Waals surface area contributed by atoms with Gasteiger partial charge in [0.05, 0.1) is 23.4 Å². The fourth-order valence-electron chi connectivity index (χ4n) is 2.02. The number of hydrogen-bond donors (Lipinski definition) is 2. The molecule has 0 unspecified atom stereocenters. The molecule has 0 bridgehead atoms. The van der Waals surface area contributed by atoms with E-state index in [1.165, 1.54) is 0 Å². The van der Waals surface area contributed by atoms with Crippen molar-refractivity contribution in [2.24, 2.45) is 5.41 Å².